The molecule has 1 atom stereocenters. The Morgan fingerprint density at radius 1 is 1.11 bits per heavy atom. The van der Waals surface area contributed by atoms with Crippen molar-refractivity contribution in [3.05, 3.63) is 65.2 Å². The standard InChI is InChI=1S/C20H23F2N5S/c1-14(15-5-3-2-4-6-15)26-9-11-27(12-10-26)17-8-7-16(18(21)19(17)22)13-24-25-20(23)28/h2-8,13-14H,9-12H2,1H3,(H3,23,25,28). The van der Waals surface area contributed by atoms with Crippen LogP contribution in [0, 0.1) is 11.6 Å². The van der Waals surface area contributed by atoms with Gasteiger partial charge >= 0.3 is 0 Å². The van der Waals surface area contributed by atoms with Crippen molar-refractivity contribution in [2.45, 2.75) is 13.0 Å². The van der Waals surface area contributed by atoms with Crippen molar-refractivity contribution in [3.63, 3.8) is 0 Å². The van der Waals surface area contributed by atoms with Gasteiger partial charge in [-0.25, -0.2) is 8.78 Å². The van der Waals surface area contributed by atoms with E-state index in [0.29, 0.717) is 13.1 Å². The fraction of sp³-hybridized carbons (Fsp3) is 0.300. The lowest BCUT2D eigenvalue weighted by atomic mass is 10.1. The van der Waals surface area contributed by atoms with Gasteiger partial charge in [0, 0.05) is 37.8 Å². The Bertz CT molecular complexity index is 851. The number of anilines is 1. The van der Waals surface area contributed by atoms with Gasteiger partial charge in [0.2, 0.25) is 0 Å². The van der Waals surface area contributed by atoms with Gasteiger partial charge in [-0.15, -0.1) is 0 Å². The van der Waals surface area contributed by atoms with Gasteiger partial charge in [0.1, 0.15) is 0 Å². The number of benzene rings is 2. The molecule has 0 amide bonds. The molecule has 1 aliphatic heterocycles. The summed E-state index contributed by atoms with van der Waals surface area (Å²) in [6.07, 6.45) is 1.15. The maximum Gasteiger partial charge on any atom is 0.184 e. The number of piperazine rings is 1. The molecule has 0 saturated carbocycles. The highest BCUT2D eigenvalue weighted by molar-refractivity contribution is 7.80. The zero-order valence-electron chi connectivity index (χ0n) is 15.6. The van der Waals surface area contributed by atoms with Crippen LogP contribution in [0.15, 0.2) is 47.6 Å². The minimum Gasteiger partial charge on any atom is -0.375 e. The van der Waals surface area contributed by atoms with Gasteiger partial charge in [-0.3, -0.25) is 10.3 Å². The van der Waals surface area contributed by atoms with Crippen LogP contribution in [0.4, 0.5) is 14.5 Å². The highest BCUT2D eigenvalue weighted by Gasteiger charge is 2.25. The Morgan fingerprint density at radius 2 is 1.79 bits per heavy atom. The topological polar surface area (TPSA) is 56.9 Å². The number of hydrazone groups is 1. The fourth-order valence-electron chi connectivity index (χ4n) is 3.36. The van der Waals surface area contributed by atoms with E-state index in [1.807, 2.05) is 23.1 Å². The number of nitrogens with two attached hydrogens (primary N) is 1. The lowest BCUT2D eigenvalue weighted by Gasteiger charge is -2.39. The molecule has 1 saturated heterocycles. The van der Waals surface area contributed by atoms with Crippen molar-refractivity contribution in [1.29, 1.82) is 0 Å². The van der Waals surface area contributed by atoms with E-state index in [1.165, 1.54) is 11.6 Å². The molecule has 1 unspecified atom stereocenters. The summed E-state index contributed by atoms with van der Waals surface area (Å²) < 4.78 is 29.0. The van der Waals surface area contributed by atoms with E-state index >= 15 is 0 Å². The Hall–Kier alpha value is -2.58. The smallest absolute Gasteiger partial charge is 0.184 e. The number of rotatable bonds is 5. The second-order valence-corrected chi connectivity index (χ2v) is 7.09. The molecular weight excluding hydrogens is 380 g/mol. The molecule has 1 fully saturated rings. The van der Waals surface area contributed by atoms with Gasteiger partial charge in [0.25, 0.3) is 0 Å². The van der Waals surface area contributed by atoms with Crippen LogP contribution < -0.4 is 16.1 Å². The molecule has 2 aromatic rings. The summed E-state index contributed by atoms with van der Waals surface area (Å²) in [5.41, 5.74) is 9.11. The summed E-state index contributed by atoms with van der Waals surface area (Å²) in [7, 11) is 0. The van der Waals surface area contributed by atoms with E-state index in [4.69, 9.17) is 5.73 Å². The van der Waals surface area contributed by atoms with Gasteiger partial charge in [-0.1, -0.05) is 30.3 Å². The van der Waals surface area contributed by atoms with Crippen molar-refractivity contribution in [2.24, 2.45) is 10.8 Å². The Balaban J connectivity index is 1.66. The monoisotopic (exact) mass is 403 g/mol. The van der Waals surface area contributed by atoms with E-state index < -0.39 is 11.6 Å². The molecule has 0 bridgehead atoms. The summed E-state index contributed by atoms with van der Waals surface area (Å²) in [5, 5.41) is 3.63. The van der Waals surface area contributed by atoms with E-state index in [2.05, 4.69) is 46.7 Å². The van der Waals surface area contributed by atoms with E-state index in [0.717, 1.165) is 19.3 Å². The van der Waals surface area contributed by atoms with Crippen LogP contribution in [0.2, 0.25) is 0 Å². The van der Waals surface area contributed by atoms with Crippen LogP contribution in [0.3, 0.4) is 0 Å². The number of nitrogens with one attached hydrogen (secondary N) is 1. The molecule has 8 heteroatoms. The average molecular weight is 404 g/mol. The van der Waals surface area contributed by atoms with E-state index in [9.17, 15) is 8.78 Å². The molecule has 1 heterocycles. The molecule has 0 aliphatic carbocycles. The summed E-state index contributed by atoms with van der Waals surface area (Å²) in [6.45, 7) is 4.98. The first kappa shape index (κ1) is 20.2. The van der Waals surface area contributed by atoms with Crippen molar-refractivity contribution in [2.75, 3.05) is 31.1 Å². The molecule has 0 spiro atoms. The molecule has 148 valence electrons. The highest BCUT2D eigenvalue weighted by Crippen LogP contribution is 2.27. The third-order valence-corrected chi connectivity index (χ3v) is 5.05. The summed E-state index contributed by atoms with van der Waals surface area (Å²) in [6, 6.07) is 13.6. The first-order chi connectivity index (χ1) is 13.5. The van der Waals surface area contributed by atoms with Crippen LogP contribution in [0.5, 0.6) is 0 Å². The van der Waals surface area contributed by atoms with Gasteiger partial charge in [0.15, 0.2) is 16.7 Å². The number of hydrogen-bond donors (Lipinski definition) is 2. The van der Waals surface area contributed by atoms with Gasteiger partial charge in [0.05, 0.1) is 11.9 Å². The summed E-state index contributed by atoms with van der Waals surface area (Å²) in [4.78, 5) is 4.23. The van der Waals surface area contributed by atoms with E-state index in [-0.39, 0.29) is 22.4 Å². The van der Waals surface area contributed by atoms with Crippen LogP contribution in [-0.4, -0.2) is 42.4 Å². The molecule has 0 radical (unpaired) electrons. The molecular formula is C20H23F2N5S. The lowest BCUT2D eigenvalue weighted by molar-refractivity contribution is 0.198. The zero-order chi connectivity index (χ0) is 20.1. The molecule has 28 heavy (non-hydrogen) atoms. The van der Waals surface area contributed by atoms with Gasteiger partial charge < -0.3 is 10.6 Å². The first-order valence-electron chi connectivity index (χ1n) is 9.08. The summed E-state index contributed by atoms with van der Waals surface area (Å²) >= 11 is 4.61. The maximum absolute atomic E-state index is 14.6. The maximum atomic E-state index is 14.6. The number of hydrogen-bond acceptors (Lipinski definition) is 4. The Kier molecular flexibility index (Phi) is 6.53. The highest BCUT2D eigenvalue weighted by atomic mass is 32.1. The SMILES string of the molecule is CC(c1ccccc1)N1CCN(c2ccc(C=NNC(N)=S)c(F)c2F)CC1. The zero-order valence-corrected chi connectivity index (χ0v) is 16.4. The fourth-order valence-corrected chi connectivity index (χ4v) is 3.41. The molecule has 2 aromatic carbocycles. The van der Waals surface area contributed by atoms with Crippen LogP contribution in [-0.2, 0) is 0 Å². The van der Waals surface area contributed by atoms with Crippen LogP contribution in [0.25, 0.3) is 0 Å². The Labute approximate surface area is 168 Å². The van der Waals surface area contributed by atoms with Gasteiger partial charge in [-0.2, -0.15) is 5.10 Å². The molecule has 3 N–H and O–H groups in total. The van der Waals surface area contributed by atoms with Crippen LogP contribution in [0.1, 0.15) is 24.1 Å². The van der Waals surface area contributed by atoms with Crippen LogP contribution >= 0.6 is 12.2 Å². The average Bonchev–Trinajstić information content (AvgIpc) is 2.71. The second kappa shape index (κ2) is 9.07. The summed E-state index contributed by atoms with van der Waals surface area (Å²) in [5.74, 6) is -1.81. The predicted octanol–water partition coefficient (Wildman–Crippen LogP) is 3.02. The van der Waals surface area contributed by atoms with Crippen molar-refractivity contribution in [3.8, 4) is 0 Å². The number of nitrogens with zero attached hydrogens (tertiary/aromatic N) is 3. The predicted molar refractivity (Wildman–Crippen MR) is 113 cm³/mol. The minimum atomic E-state index is -0.939. The molecule has 0 aromatic heterocycles. The third kappa shape index (κ3) is 4.63. The minimum absolute atomic E-state index is 0.0290. The number of halogens is 2. The molecule has 5 nitrogen and oxygen atoms in total. The molecule has 1 aliphatic rings. The van der Waals surface area contributed by atoms with E-state index in [1.54, 1.807) is 6.07 Å². The third-order valence-electron chi connectivity index (χ3n) is 4.95. The quantitative estimate of drug-likeness (QED) is 0.457. The second-order valence-electron chi connectivity index (χ2n) is 6.65. The van der Waals surface area contributed by atoms with Crippen molar-refractivity contribution < 1.29 is 8.78 Å². The lowest BCUT2D eigenvalue weighted by Crippen LogP contribution is -2.47. The van der Waals surface area contributed by atoms with Gasteiger partial charge in [-0.05, 0) is 36.8 Å². The normalized spacial score (nSPS) is 16.3. The first-order valence-corrected chi connectivity index (χ1v) is 9.48. The Morgan fingerprint density at radius 3 is 2.43 bits per heavy atom. The van der Waals surface area contributed by atoms with Crippen molar-refractivity contribution in [1.82, 2.24) is 10.3 Å². The molecule has 3 rings (SSSR count). The number of thiocarbonyl (C=S) groups is 1. The largest absolute Gasteiger partial charge is 0.375 e. The van der Waals surface area contributed by atoms with Crippen molar-refractivity contribution >= 4 is 29.2 Å².